The Bertz CT molecular complexity index is 2730. The number of hydrogen-bond acceptors (Lipinski definition) is 27. The fraction of sp³-hybridized carbons (Fsp3) is 0.944. The number of rotatable bonds is 77. The average Bonchev–Trinajstić information content (AvgIpc) is 0.788. The summed E-state index contributed by atoms with van der Waals surface area (Å²) in [5.74, 6) is -4.79. The van der Waals surface area contributed by atoms with Gasteiger partial charge < -0.3 is 114 Å². The van der Waals surface area contributed by atoms with Crippen molar-refractivity contribution in [2.75, 3.05) is 19.8 Å². The summed E-state index contributed by atoms with van der Waals surface area (Å²) in [6, 6.07) is -4.99. The van der Waals surface area contributed by atoms with Gasteiger partial charge in [-0.25, -0.2) is 0 Å². The quantitative estimate of drug-likeness (QED) is 0.0117. The number of hydrogen-bond donors (Lipinski definition) is 10. The molecule has 0 aliphatic carbocycles. The van der Waals surface area contributed by atoms with Crippen LogP contribution in [0.1, 0.15) is 407 Å². The van der Waals surface area contributed by atoms with E-state index in [1.54, 1.807) is 0 Å². The topological polar surface area (TPSA) is 474 Å². The van der Waals surface area contributed by atoms with Crippen LogP contribution in [0.3, 0.4) is 0 Å². The molecule has 3 aliphatic heterocycles. The van der Waals surface area contributed by atoms with Crippen molar-refractivity contribution in [2.24, 2.45) is 0 Å². The van der Waals surface area contributed by atoms with Crippen molar-refractivity contribution in [3.63, 3.8) is 0 Å². The van der Waals surface area contributed by atoms with Gasteiger partial charge in [0, 0.05) is 6.42 Å². The molecule has 712 valence electrons. The molecule has 0 bridgehead atoms. The molecule has 3 heterocycles. The Morgan fingerprint density at radius 2 is 0.760 bits per heavy atom. The molecule has 0 saturated carbocycles. The second-order valence-electron chi connectivity index (χ2n) is 34.7. The van der Waals surface area contributed by atoms with Gasteiger partial charge in [0.25, 0.3) is 7.82 Å². The highest BCUT2D eigenvalue weighted by molar-refractivity contribution is 7.45. The first-order chi connectivity index (χ1) is 58.2. The lowest BCUT2D eigenvalue weighted by Crippen LogP contribution is -2.74. The Balaban J connectivity index is 2.13. The minimum Gasteiger partial charge on any atom is -0.790 e. The normalized spacial score (nSPS) is 24.2. The van der Waals surface area contributed by atoms with E-state index in [4.69, 9.17) is 46.7 Å². The van der Waals surface area contributed by atoms with E-state index in [1.807, 2.05) is 0 Å². The molecule has 0 radical (unpaired) electrons. The number of carbonyl (C=O) groups excluding carboxylic acids is 5. The van der Waals surface area contributed by atoms with Crippen molar-refractivity contribution in [3.05, 3.63) is 0 Å². The van der Waals surface area contributed by atoms with E-state index in [0.29, 0.717) is 32.1 Å². The van der Waals surface area contributed by atoms with Crippen LogP contribution in [-0.2, 0) is 79.8 Å². The number of nitrogens with one attached hydrogen (secondary N) is 2. The third kappa shape index (κ3) is 53.0. The van der Waals surface area contributed by atoms with Gasteiger partial charge in [-0.05, 0) is 38.5 Å². The van der Waals surface area contributed by atoms with Crippen LogP contribution in [0, 0.1) is 0 Å². The number of ether oxygens (including phenoxy) is 7. The molecular weight excluding hydrogens is 1600 g/mol. The first-order valence-corrected chi connectivity index (χ1v) is 50.7. The smallest absolute Gasteiger partial charge is 0.308 e. The minimum absolute atomic E-state index is 0.0798. The van der Waals surface area contributed by atoms with Crippen molar-refractivity contribution in [1.29, 1.82) is 0 Å². The highest BCUT2D eigenvalue weighted by Crippen LogP contribution is 2.47. The summed E-state index contributed by atoms with van der Waals surface area (Å²) in [6.07, 6.45) is 19.3. The minimum atomic E-state index is -6.23. The number of unbranched alkanes of at least 4 members (excludes halogenated alkanes) is 44. The second kappa shape index (κ2) is 69.1. The Labute approximate surface area is 725 Å². The number of phosphoric acid groups is 2. The highest BCUT2D eigenvalue weighted by Gasteiger charge is 2.55. The van der Waals surface area contributed by atoms with Gasteiger partial charge in [0.1, 0.15) is 67.5 Å². The van der Waals surface area contributed by atoms with E-state index < -0.39 is 201 Å². The largest absolute Gasteiger partial charge is 0.790 e. The van der Waals surface area contributed by atoms with Gasteiger partial charge in [-0.2, -0.15) is 0 Å². The molecule has 3 fully saturated rings. The number of aliphatic hydroxyl groups is 7. The van der Waals surface area contributed by atoms with Crippen molar-refractivity contribution >= 4 is 45.4 Å². The molecule has 121 heavy (non-hydrogen) atoms. The van der Waals surface area contributed by atoms with E-state index in [9.17, 15) is 83.5 Å². The predicted octanol–water partition coefficient (Wildman–Crippen LogP) is 12.7. The molecule has 32 heteroatoms. The Kier molecular flexibility index (Phi) is 64.1. The first-order valence-electron chi connectivity index (χ1n) is 47.8. The zero-order valence-electron chi connectivity index (χ0n) is 74.9. The van der Waals surface area contributed by atoms with Crippen molar-refractivity contribution in [2.45, 2.75) is 517 Å². The van der Waals surface area contributed by atoms with Crippen LogP contribution in [-0.4, -0.2) is 196 Å². The molecule has 0 aromatic rings. The van der Waals surface area contributed by atoms with Crippen molar-refractivity contribution < 1.29 is 136 Å². The van der Waals surface area contributed by atoms with Crippen LogP contribution >= 0.6 is 15.6 Å². The maximum Gasteiger partial charge on any atom is 0.308 e. The van der Waals surface area contributed by atoms with Gasteiger partial charge in [0.15, 0.2) is 31.1 Å². The standard InChI is InChI=1S/C89H169N3O27P2/c1-6-11-16-21-26-31-32-33-34-39-44-49-54-59-76(99)112-70(58-53-48-43-38-30-25-20-15-10-5)63-75(98)92-79-85(115-77(100)61-68(95)56-51-46-41-36-28-23-18-13-8-3)82(103)73(114-88(79)118-120(105,106)107)66-111-87-80(91-74(97)60-67(94)55-50-45-40-35-27-22-17-12-7-2)86(116-78(101)62-69(96)57-52-47-42-37-29-24-19-14-9-4)84(72(64-93)113-87)117-121(108,109)119-89-83(104)81(102)71(90)65-110-89/h67-73,79-89,93-96,102-104H,6-66,90H2,1-5H3,(H,91,97)(H,92,98)(H,108,109)(H2,105,106,107)/p-2/t67-,68-,69-,70-,71+,72-,73-,79-,80-,81+,82-,83-,84-,85-,86-,87-,88-,89-/m1/s1. The molecular formula is C89H167N3O27P2-2. The van der Waals surface area contributed by atoms with Crippen LogP contribution in [0.2, 0.25) is 0 Å². The molecule has 3 aliphatic rings. The number of carbonyl (C=O) groups is 5. The molecule has 0 spiro atoms. The van der Waals surface area contributed by atoms with E-state index in [-0.39, 0.29) is 32.1 Å². The summed E-state index contributed by atoms with van der Waals surface area (Å²) in [6.45, 7) is 8.11. The molecule has 0 aromatic heterocycles. The Hall–Kier alpha value is -2.91. The molecule has 19 atom stereocenters. The predicted molar refractivity (Wildman–Crippen MR) is 455 cm³/mol. The zero-order valence-corrected chi connectivity index (χ0v) is 76.7. The highest BCUT2D eigenvalue weighted by atomic mass is 31.2. The summed E-state index contributed by atoms with van der Waals surface area (Å²) in [4.78, 5) is 112. The lowest BCUT2D eigenvalue weighted by Gasteiger charge is -2.48. The van der Waals surface area contributed by atoms with Gasteiger partial charge in [0.05, 0.1) is 65.0 Å². The van der Waals surface area contributed by atoms with Gasteiger partial charge in [-0.1, -0.05) is 336 Å². The summed E-state index contributed by atoms with van der Waals surface area (Å²) >= 11 is 0. The molecule has 2 amide bonds. The Morgan fingerprint density at radius 1 is 0.405 bits per heavy atom. The lowest BCUT2D eigenvalue weighted by molar-refractivity contribution is -0.468. The van der Waals surface area contributed by atoms with Crippen LogP contribution in [0.4, 0.5) is 0 Å². The van der Waals surface area contributed by atoms with Crippen LogP contribution in [0.25, 0.3) is 0 Å². The monoisotopic (exact) mass is 1770 g/mol. The summed E-state index contributed by atoms with van der Waals surface area (Å²) in [7, 11) is -12.2. The Morgan fingerprint density at radius 3 is 1.17 bits per heavy atom. The number of quaternary nitrogens is 1. The van der Waals surface area contributed by atoms with Crippen molar-refractivity contribution in [3.8, 4) is 0 Å². The average molecular weight is 1770 g/mol. The molecule has 3 saturated heterocycles. The fourth-order valence-corrected chi connectivity index (χ4v) is 17.6. The van der Waals surface area contributed by atoms with Gasteiger partial charge in [-0.15, -0.1) is 0 Å². The number of amides is 2. The molecule has 3 rings (SSSR count). The molecule has 1 unspecified atom stereocenters. The summed E-state index contributed by atoms with van der Waals surface area (Å²) < 4.78 is 85.0. The number of esters is 3. The van der Waals surface area contributed by atoms with Gasteiger partial charge >= 0.3 is 17.9 Å². The number of phosphoric ester groups is 2. The van der Waals surface area contributed by atoms with Gasteiger partial charge in [-0.3, -0.25) is 33.1 Å². The number of aliphatic hydroxyl groups excluding tert-OH is 7. The summed E-state index contributed by atoms with van der Waals surface area (Å²) in [5.41, 5.74) is 3.68. The molecule has 12 N–H and O–H groups in total. The van der Waals surface area contributed by atoms with E-state index in [1.165, 1.54) is 44.9 Å². The SMILES string of the molecule is CCCCCCCCCCCCCCCC(=O)O[C@H](CCCCCCCCCCC)CC(=O)N[C@H]1[C@@H](OP(=O)([O-])[O-])O[C@H](CO[C@@H]2O[C@H](CO)[C@@H](OP(=O)([O-])O[C@H]3OC[C@H]([NH3+])[C@H](O)[C@H]3O)[C@H](OC(=O)C[C@H](O)CCCCCCCCCCC)[C@H]2NC(=O)C[C@H](O)CCCCCCCCCCC)[C@@H](O)[C@@H]1OC(=O)C[C@H](O)CCCCCCCCCCC. The molecule has 0 aromatic carbocycles. The van der Waals surface area contributed by atoms with Crippen LogP contribution < -0.4 is 31.0 Å². The fourth-order valence-electron chi connectivity index (χ4n) is 16.1. The van der Waals surface area contributed by atoms with Crippen molar-refractivity contribution in [1.82, 2.24) is 10.6 Å². The maximum atomic E-state index is 14.7. The van der Waals surface area contributed by atoms with Crippen LogP contribution in [0.5, 0.6) is 0 Å². The van der Waals surface area contributed by atoms with E-state index >= 15 is 0 Å². The third-order valence-electron chi connectivity index (χ3n) is 23.4. The van der Waals surface area contributed by atoms with E-state index in [2.05, 4.69) is 51.0 Å². The molecule has 30 nitrogen and oxygen atoms in total. The second-order valence-corrected chi connectivity index (χ2v) is 37.1. The summed E-state index contributed by atoms with van der Waals surface area (Å²) in [5, 5.41) is 84.6. The van der Waals surface area contributed by atoms with Gasteiger partial charge in [0.2, 0.25) is 11.8 Å². The zero-order chi connectivity index (χ0) is 88.9. The van der Waals surface area contributed by atoms with E-state index in [0.717, 1.165) is 238 Å². The first kappa shape index (κ1) is 112. The van der Waals surface area contributed by atoms with Crippen LogP contribution in [0.15, 0.2) is 0 Å². The third-order valence-corrected chi connectivity index (χ3v) is 24.8. The maximum absolute atomic E-state index is 14.7. The lowest BCUT2D eigenvalue weighted by atomic mass is 9.95.